The molecular weight excluding hydrogens is 246 g/mol. The van der Waals surface area contributed by atoms with E-state index in [0.29, 0.717) is 13.1 Å². The zero-order valence-corrected chi connectivity index (χ0v) is 10.8. The third-order valence-electron chi connectivity index (χ3n) is 2.57. The van der Waals surface area contributed by atoms with Crippen LogP contribution in [0.15, 0.2) is 36.9 Å². The Kier molecular flexibility index (Phi) is 5.69. The highest BCUT2D eigenvalue weighted by molar-refractivity contribution is 5.81. The Bertz CT molecular complexity index is 457. The molecule has 1 atom stereocenters. The van der Waals surface area contributed by atoms with Gasteiger partial charge >= 0.3 is 0 Å². The van der Waals surface area contributed by atoms with Gasteiger partial charge in [-0.05, 0) is 12.5 Å². The Labute approximate surface area is 111 Å². The molecule has 0 fully saturated rings. The number of nitrogens with one attached hydrogen (secondary N) is 2. The van der Waals surface area contributed by atoms with Crippen LogP contribution in [0.2, 0.25) is 0 Å². The summed E-state index contributed by atoms with van der Waals surface area (Å²) in [7, 11) is 0. The Hall–Kier alpha value is -2.21. The molecule has 0 aliphatic carbocycles. The standard InChI is InChI=1S/C13H17N3O3/c1-3-8-14-13(17)10(2)15-9-11-4-6-12(7-5-11)16(18)19/h3-7,10,15H,1,8-9H2,2H3,(H,14,17). The summed E-state index contributed by atoms with van der Waals surface area (Å²) in [4.78, 5) is 21.6. The van der Waals surface area contributed by atoms with E-state index in [1.807, 2.05) is 0 Å². The summed E-state index contributed by atoms with van der Waals surface area (Å²) in [5.41, 5.74) is 0.939. The highest BCUT2D eigenvalue weighted by atomic mass is 16.6. The summed E-state index contributed by atoms with van der Waals surface area (Å²) < 4.78 is 0. The molecule has 1 amide bonds. The van der Waals surface area contributed by atoms with Gasteiger partial charge in [-0.3, -0.25) is 14.9 Å². The van der Waals surface area contributed by atoms with E-state index in [0.717, 1.165) is 5.56 Å². The van der Waals surface area contributed by atoms with Crippen molar-refractivity contribution in [2.45, 2.75) is 19.5 Å². The van der Waals surface area contributed by atoms with Crippen LogP contribution in [0.4, 0.5) is 5.69 Å². The van der Waals surface area contributed by atoms with Crippen molar-refractivity contribution in [2.24, 2.45) is 0 Å². The SMILES string of the molecule is C=CCNC(=O)C(C)NCc1ccc([N+](=O)[O-])cc1. The lowest BCUT2D eigenvalue weighted by atomic mass is 10.2. The Morgan fingerprint density at radius 3 is 2.63 bits per heavy atom. The zero-order valence-electron chi connectivity index (χ0n) is 10.8. The molecule has 1 rings (SSSR count). The highest BCUT2D eigenvalue weighted by Gasteiger charge is 2.11. The van der Waals surface area contributed by atoms with Gasteiger partial charge in [-0.1, -0.05) is 18.2 Å². The first-order valence-electron chi connectivity index (χ1n) is 5.90. The van der Waals surface area contributed by atoms with Crippen molar-refractivity contribution < 1.29 is 9.72 Å². The van der Waals surface area contributed by atoms with Gasteiger partial charge in [0.1, 0.15) is 0 Å². The van der Waals surface area contributed by atoms with Gasteiger partial charge in [-0.15, -0.1) is 6.58 Å². The van der Waals surface area contributed by atoms with Crippen LogP contribution in [0.5, 0.6) is 0 Å². The number of hydrogen-bond donors (Lipinski definition) is 2. The van der Waals surface area contributed by atoms with E-state index < -0.39 is 4.92 Å². The zero-order chi connectivity index (χ0) is 14.3. The van der Waals surface area contributed by atoms with Gasteiger partial charge < -0.3 is 10.6 Å². The molecule has 0 spiro atoms. The third kappa shape index (κ3) is 4.89. The lowest BCUT2D eigenvalue weighted by Crippen LogP contribution is -2.41. The summed E-state index contributed by atoms with van der Waals surface area (Å²) in [6, 6.07) is 5.88. The molecule has 0 aliphatic rings. The van der Waals surface area contributed by atoms with Crippen LogP contribution in [0.3, 0.4) is 0 Å². The molecule has 0 bridgehead atoms. The topological polar surface area (TPSA) is 84.3 Å². The molecule has 0 saturated carbocycles. The fourth-order valence-electron chi connectivity index (χ4n) is 1.43. The highest BCUT2D eigenvalue weighted by Crippen LogP contribution is 2.11. The molecule has 6 nitrogen and oxygen atoms in total. The number of amides is 1. The summed E-state index contributed by atoms with van der Waals surface area (Å²) in [6.07, 6.45) is 1.61. The number of nitro groups is 1. The van der Waals surface area contributed by atoms with Gasteiger partial charge in [0.05, 0.1) is 11.0 Å². The van der Waals surface area contributed by atoms with Crippen molar-refractivity contribution in [2.75, 3.05) is 6.54 Å². The predicted octanol–water partition coefficient (Wildman–Crippen LogP) is 1.38. The largest absolute Gasteiger partial charge is 0.351 e. The first-order valence-corrected chi connectivity index (χ1v) is 5.90. The lowest BCUT2D eigenvalue weighted by Gasteiger charge is -2.13. The smallest absolute Gasteiger partial charge is 0.269 e. The van der Waals surface area contributed by atoms with Crippen LogP contribution in [-0.2, 0) is 11.3 Å². The number of benzene rings is 1. The first kappa shape index (κ1) is 14.8. The van der Waals surface area contributed by atoms with Gasteiger partial charge in [-0.25, -0.2) is 0 Å². The van der Waals surface area contributed by atoms with Gasteiger partial charge in [0.15, 0.2) is 0 Å². The molecule has 0 aromatic heterocycles. The Balaban J connectivity index is 2.45. The van der Waals surface area contributed by atoms with Crippen LogP contribution in [-0.4, -0.2) is 23.4 Å². The molecule has 0 radical (unpaired) electrons. The van der Waals surface area contributed by atoms with Crippen LogP contribution >= 0.6 is 0 Å². The molecule has 0 aliphatic heterocycles. The fourth-order valence-corrected chi connectivity index (χ4v) is 1.43. The minimum atomic E-state index is -0.442. The van der Waals surface area contributed by atoms with E-state index in [4.69, 9.17) is 0 Å². The predicted molar refractivity (Wildman–Crippen MR) is 72.6 cm³/mol. The molecule has 2 N–H and O–H groups in total. The van der Waals surface area contributed by atoms with E-state index in [1.165, 1.54) is 12.1 Å². The van der Waals surface area contributed by atoms with E-state index in [-0.39, 0.29) is 17.6 Å². The molecule has 19 heavy (non-hydrogen) atoms. The molecule has 0 saturated heterocycles. The van der Waals surface area contributed by atoms with Crippen molar-refractivity contribution in [3.05, 3.63) is 52.6 Å². The Morgan fingerprint density at radius 1 is 1.47 bits per heavy atom. The minimum Gasteiger partial charge on any atom is -0.351 e. The second-order valence-corrected chi connectivity index (χ2v) is 4.06. The van der Waals surface area contributed by atoms with Crippen LogP contribution < -0.4 is 10.6 Å². The second-order valence-electron chi connectivity index (χ2n) is 4.06. The molecule has 1 unspecified atom stereocenters. The number of carbonyl (C=O) groups is 1. The number of non-ortho nitro benzene ring substituents is 1. The molecule has 6 heteroatoms. The van der Waals surface area contributed by atoms with E-state index in [2.05, 4.69) is 17.2 Å². The van der Waals surface area contributed by atoms with Gasteiger partial charge in [0.2, 0.25) is 5.91 Å². The summed E-state index contributed by atoms with van der Waals surface area (Å²) in [5.74, 6) is -0.109. The summed E-state index contributed by atoms with van der Waals surface area (Å²) >= 11 is 0. The lowest BCUT2D eigenvalue weighted by molar-refractivity contribution is -0.384. The van der Waals surface area contributed by atoms with Crippen molar-refractivity contribution in [1.82, 2.24) is 10.6 Å². The number of hydrogen-bond acceptors (Lipinski definition) is 4. The monoisotopic (exact) mass is 263 g/mol. The van der Waals surface area contributed by atoms with E-state index in [1.54, 1.807) is 25.1 Å². The van der Waals surface area contributed by atoms with Gasteiger partial charge in [-0.2, -0.15) is 0 Å². The van der Waals surface area contributed by atoms with Crippen LogP contribution in [0.1, 0.15) is 12.5 Å². The van der Waals surface area contributed by atoms with Crippen molar-refractivity contribution in [1.29, 1.82) is 0 Å². The average Bonchev–Trinajstić information content (AvgIpc) is 2.42. The molecule has 0 heterocycles. The molecule has 1 aromatic carbocycles. The normalized spacial score (nSPS) is 11.6. The second kappa shape index (κ2) is 7.27. The van der Waals surface area contributed by atoms with Crippen LogP contribution in [0, 0.1) is 10.1 Å². The number of rotatable bonds is 7. The quantitative estimate of drug-likeness (QED) is 0.442. The minimum absolute atomic E-state index is 0.0560. The molecule has 102 valence electrons. The van der Waals surface area contributed by atoms with E-state index >= 15 is 0 Å². The Morgan fingerprint density at radius 2 is 2.11 bits per heavy atom. The maximum atomic E-state index is 11.6. The average molecular weight is 263 g/mol. The maximum Gasteiger partial charge on any atom is 0.269 e. The summed E-state index contributed by atoms with van der Waals surface area (Å²) in [6.45, 7) is 6.18. The van der Waals surface area contributed by atoms with Crippen molar-refractivity contribution in [3.63, 3.8) is 0 Å². The molecular formula is C13H17N3O3. The maximum absolute atomic E-state index is 11.6. The van der Waals surface area contributed by atoms with Gasteiger partial charge in [0.25, 0.3) is 5.69 Å². The first-order chi connectivity index (χ1) is 9.04. The fraction of sp³-hybridized carbons (Fsp3) is 0.308. The van der Waals surface area contributed by atoms with Crippen LogP contribution in [0.25, 0.3) is 0 Å². The van der Waals surface area contributed by atoms with Crippen molar-refractivity contribution >= 4 is 11.6 Å². The third-order valence-corrected chi connectivity index (χ3v) is 2.57. The number of nitrogens with zero attached hydrogens (tertiary/aromatic N) is 1. The number of carbonyl (C=O) groups excluding carboxylic acids is 1. The van der Waals surface area contributed by atoms with Crippen molar-refractivity contribution in [3.8, 4) is 0 Å². The number of nitro benzene ring substituents is 1. The van der Waals surface area contributed by atoms with Gasteiger partial charge in [0, 0.05) is 25.2 Å². The molecule has 1 aromatic rings. The summed E-state index contributed by atoms with van der Waals surface area (Å²) in [5, 5.41) is 16.2. The van der Waals surface area contributed by atoms with E-state index in [9.17, 15) is 14.9 Å².